The molecule has 24 heavy (non-hydrogen) atoms. The number of carbonyl (C=O) groups excluding carboxylic acids is 1. The molecular weight excluding hydrogens is 334 g/mol. The van der Waals surface area contributed by atoms with Crippen LogP contribution in [0.2, 0.25) is 0 Å². The number of sulfonamides is 1. The number of carbonyl (C=O) groups is 1. The fourth-order valence-electron chi connectivity index (χ4n) is 2.11. The predicted molar refractivity (Wildman–Crippen MR) is 88.8 cm³/mol. The molecule has 0 atom stereocenters. The second-order valence-corrected chi connectivity index (χ2v) is 7.03. The summed E-state index contributed by atoms with van der Waals surface area (Å²) >= 11 is 0. The second-order valence-electron chi connectivity index (χ2n) is 5.26. The summed E-state index contributed by atoms with van der Waals surface area (Å²) in [5.74, 6) is 0.752. The van der Waals surface area contributed by atoms with Crippen molar-refractivity contribution in [3.63, 3.8) is 0 Å². The van der Waals surface area contributed by atoms with Crippen molar-refractivity contribution in [3.8, 4) is 11.5 Å². The molecule has 0 unspecified atom stereocenters. The molecule has 1 amide bonds. The van der Waals surface area contributed by atoms with E-state index in [1.807, 2.05) is 0 Å². The van der Waals surface area contributed by atoms with Gasteiger partial charge >= 0.3 is 0 Å². The minimum atomic E-state index is -3.70. The number of nitrogens with one attached hydrogen (secondary N) is 3. The normalized spacial score (nSPS) is 14.0. The zero-order valence-corrected chi connectivity index (χ0v) is 14.4. The molecule has 134 valence electrons. The molecule has 0 saturated carbocycles. The van der Waals surface area contributed by atoms with E-state index in [2.05, 4.69) is 15.4 Å². The Labute approximate surface area is 142 Å². The molecule has 1 aromatic rings. The summed E-state index contributed by atoms with van der Waals surface area (Å²) in [6.45, 7) is 2.22. The van der Waals surface area contributed by atoms with Crippen molar-refractivity contribution in [1.29, 1.82) is 0 Å². The zero-order chi connectivity index (χ0) is 17.4. The van der Waals surface area contributed by atoms with Crippen molar-refractivity contribution >= 4 is 15.9 Å². The summed E-state index contributed by atoms with van der Waals surface area (Å²) in [6, 6.07) is 4.48. The van der Waals surface area contributed by atoms with Crippen LogP contribution in [0.3, 0.4) is 0 Å². The highest BCUT2D eigenvalue weighted by molar-refractivity contribution is 7.89. The Bertz CT molecular complexity index is 663. The molecule has 1 aliphatic heterocycles. The third-order valence-corrected chi connectivity index (χ3v) is 4.83. The highest BCUT2D eigenvalue weighted by atomic mass is 32.2. The summed E-state index contributed by atoms with van der Waals surface area (Å²) in [4.78, 5) is 11.6. The molecule has 0 bridgehead atoms. The molecule has 1 heterocycles. The van der Waals surface area contributed by atoms with Crippen LogP contribution in [0.5, 0.6) is 11.5 Å². The second kappa shape index (κ2) is 8.86. The third-order valence-electron chi connectivity index (χ3n) is 3.37. The maximum absolute atomic E-state index is 12.3. The van der Waals surface area contributed by atoms with Crippen molar-refractivity contribution in [2.75, 3.05) is 39.9 Å². The molecule has 2 rings (SSSR count). The highest BCUT2D eigenvalue weighted by Crippen LogP contribution is 2.31. The Balaban J connectivity index is 1.91. The predicted octanol–water partition coefficient (Wildman–Crippen LogP) is -0.148. The van der Waals surface area contributed by atoms with E-state index in [4.69, 9.17) is 9.47 Å². The van der Waals surface area contributed by atoms with Gasteiger partial charge in [-0.2, -0.15) is 0 Å². The Hall–Kier alpha value is -1.84. The Morgan fingerprint density at radius 2 is 1.88 bits per heavy atom. The van der Waals surface area contributed by atoms with Gasteiger partial charge in [-0.15, -0.1) is 0 Å². The summed E-state index contributed by atoms with van der Waals surface area (Å²) in [5, 5.41) is 5.59. The molecule has 1 aromatic carbocycles. The van der Waals surface area contributed by atoms with Crippen molar-refractivity contribution in [2.45, 2.75) is 17.7 Å². The first-order valence-electron chi connectivity index (χ1n) is 7.83. The van der Waals surface area contributed by atoms with Gasteiger partial charge < -0.3 is 20.1 Å². The first kappa shape index (κ1) is 18.5. The van der Waals surface area contributed by atoms with E-state index < -0.39 is 10.0 Å². The molecule has 0 saturated heterocycles. The number of benzene rings is 1. The number of rotatable bonds is 8. The maximum Gasteiger partial charge on any atom is 0.240 e. The lowest BCUT2D eigenvalue weighted by Gasteiger charge is -2.11. The van der Waals surface area contributed by atoms with Gasteiger partial charge in [-0.3, -0.25) is 4.79 Å². The molecule has 8 nitrogen and oxygen atoms in total. The zero-order valence-electron chi connectivity index (χ0n) is 13.6. The first-order chi connectivity index (χ1) is 11.5. The largest absolute Gasteiger partial charge is 0.490 e. The van der Waals surface area contributed by atoms with Crippen LogP contribution in [0.1, 0.15) is 12.8 Å². The number of likely N-dealkylation sites (N-methyl/N-ethyl adjacent to an activating group) is 1. The Morgan fingerprint density at radius 1 is 1.12 bits per heavy atom. The van der Waals surface area contributed by atoms with E-state index in [9.17, 15) is 13.2 Å². The lowest BCUT2D eigenvalue weighted by molar-refractivity contribution is -0.120. The highest BCUT2D eigenvalue weighted by Gasteiger charge is 2.18. The van der Waals surface area contributed by atoms with Crippen molar-refractivity contribution in [2.24, 2.45) is 0 Å². The van der Waals surface area contributed by atoms with Crippen LogP contribution in [0.25, 0.3) is 0 Å². The van der Waals surface area contributed by atoms with Crippen LogP contribution < -0.4 is 24.8 Å². The van der Waals surface area contributed by atoms with Gasteiger partial charge in [0.05, 0.1) is 18.1 Å². The molecule has 0 fully saturated rings. The first-order valence-corrected chi connectivity index (χ1v) is 9.32. The summed E-state index contributed by atoms with van der Waals surface area (Å²) in [5.41, 5.74) is 0. The monoisotopic (exact) mass is 357 g/mol. The van der Waals surface area contributed by atoms with Gasteiger partial charge in [-0.05, 0) is 19.2 Å². The average molecular weight is 357 g/mol. The lowest BCUT2D eigenvalue weighted by Crippen LogP contribution is -2.33. The molecule has 9 heteroatoms. The van der Waals surface area contributed by atoms with Crippen LogP contribution in [-0.2, 0) is 14.8 Å². The van der Waals surface area contributed by atoms with Gasteiger partial charge in [0.25, 0.3) is 0 Å². The summed E-state index contributed by atoms with van der Waals surface area (Å²) in [7, 11) is -1.92. The van der Waals surface area contributed by atoms with Gasteiger partial charge in [0.1, 0.15) is 0 Å². The van der Waals surface area contributed by atoms with Crippen LogP contribution in [-0.4, -0.2) is 54.2 Å². The number of fused-ring (bicyclic) bond motifs is 1. The van der Waals surface area contributed by atoms with Gasteiger partial charge in [0.2, 0.25) is 15.9 Å². The molecule has 0 radical (unpaired) electrons. The lowest BCUT2D eigenvalue weighted by atomic mass is 10.3. The molecule has 0 aromatic heterocycles. The van der Waals surface area contributed by atoms with E-state index >= 15 is 0 Å². The Kier molecular flexibility index (Phi) is 6.83. The van der Waals surface area contributed by atoms with E-state index in [-0.39, 0.29) is 23.8 Å². The minimum Gasteiger partial charge on any atom is -0.490 e. The fourth-order valence-corrected chi connectivity index (χ4v) is 3.16. The Morgan fingerprint density at radius 3 is 2.62 bits per heavy atom. The van der Waals surface area contributed by atoms with Gasteiger partial charge in [0.15, 0.2) is 11.5 Å². The van der Waals surface area contributed by atoms with Gasteiger partial charge in [-0.1, -0.05) is 0 Å². The molecule has 0 spiro atoms. The quantitative estimate of drug-likeness (QED) is 0.559. The fraction of sp³-hybridized carbons (Fsp3) is 0.533. The average Bonchev–Trinajstić information content (AvgIpc) is 2.79. The number of hydrogen-bond donors (Lipinski definition) is 3. The topological polar surface area (TPSA) is 106 Å². The maximum atomic E-state index is 12.3. The number of amides is 1. The van der Waals surface area contributed by atoms with Crippen LogP contribution >= 0.6 is 0 Å². The van der Waals surface area contributed by atoms with E-state index in [1.54, 1.807) is 13.1 Å². The van der Waals surface area contributed by atoms with E-state index in [0.717, 1.165) is 6.42 Å². The third kappa shape index (κ3) is 5.36. The van der Waals surface area contributed by atoms with E-state index in [0.29, 0.717) is 37.8 Å². The van der Waals surface area contributed by atoms with Gasteiger partial charge in [-0.25, -0.2) is 13.1 Å². The van der Waals surface area contributed by atoms with Crippen LogP contribution in [0.15, 0.2) is 23.1 Å². The number of hydrogen-bond acceptors (Lipinski definition) is 6. The van der Waals surface area contributed by atoms with Crippen molar-refractivity contribution in [1.82, 2.24) is 15.4 Å². The number of ether oxygens (including phenoxy) is 2. The van der Waals surface area contributed by atoms with Crippen LogP contribution in [0.4, 0.5) is 0 Å². The molecule has 3 N–H and O–H groups in total. The molecule has 0 aliphatic carbocycles. The van der Waals surface area contributed by atoms with Crippen LogP contribution in [0, 0.1) is 0 Å². The molecular formula is C15H23N3O5S. The minimum absolute atomic E-state index is 0.0299. The van der Waals surface area contributed by atoms with E-state index in [1.165, 1.54) is 12.1 Å². The SMILES string of the molecule is CNCCNC(=O)CCNS(=O)(=O)c1ccc2c(c1)OCCCO2. The van der Waals surface area contributed by atoms with Crippen molar-refractivity contribution in [3.05, 3.63) is 18.2 Å². The smallest absolute Gasteiger partial charge is 0.240 e. The van der Waals surface area contributed by atoms with Gasteiger partial charge in [0, 0.05) is 38.5 Å². The summed E-state index contributed by atoms with van der Waals surface area (Å²) in [6.07, 6.45) is 0.825. The standard InChI is InChI=1S/C15H23N3O5S/c1-16-7-8-17-15(19)5-6-18-24(20,21)12-3-4-13-14(11-12)23-10-2-9-22-13/h3-4,11,16,18H,2,5-10H2,1H3,(H,17,19). The summed E-state index contributed by atoms with van der Waals surface area (Å²) < 4.78 is 38.0. The van der Waals surface area contributed by atoms with Crippen molar-refractivity contribution < 1.29 is 22.7 Å². The molecule has 1 aliphatic rings.